The average molecular weight is 394 g/mol. The number of halogens is 1. The van der Waals surface area contributed by atoms with Crippen molar-refractivity contribution in [3.05, 3.63) is 65.5 Å². The number of rotatable bonds is 6. The Balaban J connectivity index is 2.11. The minimum absolute atomic E-state index is 0.0835. The molecule has 1 saturated carbocycles. The van der Waals surface area contributed by atoms with Crippen LogP contribution in [0.15, 0.2) is 53.4 Å². The summed E-state index contributed by atoms with van der Waals surface area (Å²) >= 11 is 5.24. The maximum atomic E-state index is 13.3. The molecule has 0 bridgehead atoms. The summed E-state index contributed by atoms with van der Waals surface area (Å²) in [6.07, 6.45) is 0. The average Bonchev–Trinajstić information content (AvgIpc) is 3.27. The molecule has 0 aromatic heterocycles. The summed E-state index contributed by atoms with van der Waals surface area (Å²) < 4.78 is 45.2. The van der Waals surface area contributed by atoms with Gasteiger partial charge < -0.3 is 10.5 Å². The van der Waals surface area contributed by atoms with Crippen molar-refractivity contribution < 1.29 is 17.5 Å². The number of methoxy groups -OCH3 is 1. The Labute approximate surface area is 158 Å². The maximum absolute atomic E-state index is 13.3. The van der Waals surface area contributed by atoms with Crippen molar-refractivity contribution in [1.82, 2.24) is 0 Å². The first-order valence-electron chi connectivity index (χ1n) is 8.10. The summed E-state index contributed by atoms with van der Waals surface area (Å²) in [6, 6.07) is 12.4. The molecule has 3 rings (SSSR count). The van der Waals surface area contributed by atoms with Crippen molar-refractivity contribution in [2.24, 2.45) is 11.1 Å². The van der Waals surface area contributed by atoms with Gasteiger partial charge in [0, 0.05) is 13.0 Å². The molecule has 0 spiro atoms. The van der Waals surface area contributed by atoms with E-state index in [1.807, 2.05) is 6.92 Å². The van der Waals surface area contributed by atoms with Crippen LogP contribution in [-0.2, 0) is 14.6 Å². The van der Waals surface area contributed by atoms with E-state index in [1.54, 1.807) is 36.4 Å². The van der Waals surface area contributed by atoms with Gasteiger partial charge in [-0.3, -0.25) is 0 Å². The number of thiocarbonyl (C=S) groups is 1. The lowest BCUT2D eigenvalue weighted by molar-refractivity contribution is 0.166. The van der Waals surface area contributed by atoms with Gasteiger partial charge in [0.1, 0.15) is 5.82 Å². The molecule has 1 fully saturated rings. The lowest BCUT2D eigenvalue weighted by Crippen LogP contribution is -2.33. The van der Waals surface area contributed by atoms with E-state index in [9.17, 15) is 12.8 Å². The topological polar surface area (TPSA) is 69.4 Å². The summed E-state index contributed by atoms with van der Waals surface area (Å²) in [5.74, 6) is -0.869. The number of hydrogen-bond donors (Lipinski definition) is 1. The van der Waals surface area contributed by atoms with Crippen molar-refractivity contribution in [3.8, 4) is 0 Å². The van der Waals surface area contributed by atoms with E-state index in [1.165, 1.54) is 19.2 Å². The highest BCUT2D eigenvalue weighted by Gasteiger charge is 2.73. The van der Waals surface area contributed by atoms with Crippen LogP contribution in [0.2, 0.25) is 0 Å². The molecule has 2 aromatic carbocycles. The number of ether oxygens (including phenoxy) is 1. The molecule has 1 aliphatic carbocycles. The first kappa shape index (κ1) is 18.9. The molecule has 2 N–H and O–H groups in total. The van der Waals surface area contributed by atoms with Crippen LogP contribution in [0.25, 0.3) is 0 Å². The SMILES string of the molecule is COC[C@]1(C(N)=S)[C@H](c2ccc(F)cc2)[C@H]1S(=O)(=O)c1ccc(C)cc1. The second kappa shape index (κ2) is 6.72. The summed E-state index contributed by atoms with van der Waals surface area (Å²) in [6.45, 7) is 1.97. The highest BCUT2D eigenvalue weighted by molar-refractivity contribution is 7.92. The number of sulfone groups is 1. The smallest absolute Gasteiger partial charge is 0.182 e. The van der Waals surface area contributed by atoms with Crippen molar-refractivity contribution in [3.63, 3.8) is 0 Å². The van der Waals surface area contributed by atoms with Crippen LogP contribution >= 0.6 is 12.2 Å². The standard InChI is InChI=1S/C19H20FNO3S2/c1-12-3-9-15(10-4-12)26(22,23)17-16(13-5-7-14(20)8-6-13)19(17,11-24-2)18(21)25/h3-10,16-17H,11H2,1-2H3,(H2,21,25)/t16-,17-,19+/m1/s1. The van der Waals surface area contributed by atoms with Crippen molar-refractivity contribution >= 4 is 27.0 Å². The van der Waals surface area contributed by atoms with E-state index in [4.69, 9.17) is 22.7 Å². The molecule has 3 atom stereocenters. The van der Waals surface area contributed by atoms with Crippen LogP contribution in [0, 0.1) is 18.2 Å². The summed E-state index contributed by atoms with van der Waals surface area (Å²) in [4.78, 5) is 0.309. The number of nitrogens with two attached hydrogens (primary N) is 1. The van der Waals surface area contributed by atoms with Gasteiger partial charge in [-0.15, -0.1) is 0 Å². The van der Waals surface area contributed by atoms with Crippen LogP contribution < -0.4 is 5.73 Å². The molecule has 0 aliphatic heterocycles. The normalized spacial score (nSPS) is 25.0. The highest BCUT2D eigenvalue weighted by atomic mass is 32.2. The van der Waals surface area contributed by atoms with E-state index in [2.05, 4.69) is 0 Å². The zero-order valence-corrected chi connectivity index (χ0v) is 16.1. The molecular weight excluding hydrogens is 373 g/mol. The fourth-order valence-electron chi connectivity index (χ4n) is 3.65. The Morgan fingerprint density at radius 2 is 1.77 bits per heavy atom. The third kappa shape index (κ3) is 2.94. The summed E-state index contributed by atoms with van der Waals surface area (Å²) in [5.41, 5.74) is 6.61. The molecule has 138 valence electrons. The predicted octanol–water partition coefficient (Wildman–Crippen LogP) is 2.99. The quantitative estimate of drug-likeness (QED) is 0.764. The Morgan fingerprint density at radius 1 is 1.19 bits per heavy atom. The Kier molecular flexibility index (Phi) is 4.90. The van der Waals surface area contributed by atoms with E-state index in [0.29, 0.717) is 5.56 Å². The van der Waals surface area contributed by atoms with E-state index >= 15 is 0 Å². The molecular formula is C19H20FNO3S2. The van der Waals surface area contributed by atoms with Crippen LogP contribution in [-0.4, -0.2) is 32.4 Å². The largest absolute Gasteiger partial charge is 0.393 e. The minimum Gasteiger partial charge on any atom is -0.393 e. The van der Waals surface area contributed by atoms with Crippen molar-refractivity contribution in [2.45, 2.75) is 23.0 Å². The van der Waals surface area contributed by atoms with Crippen molar-refractivity contribution in [1.29, 1.82) is 0 Å². The lowest BCUT2D eigenvalue weighted by atomic mass is 10.00. The lowest BCUT2D eigenvalue weighted by Gasteiger charge is -2.16. The Bertz CT molecular complexity index is 926. The van der Waals surface area contributed by atoms with Crippen LogP contribution in [0.3, 0.4) is 0 Å². The van der Waals surface area contributed by atoms with Crippen LogP contribution in [0.1, 0.15) is 17.0 Å². The Hall–Kier alpha value is -1.83. The van der Waals surface area contributed by atoms with E-state index in [0.717, 1.165) is 5.56 Å². The molecule has 7 heteroatoms. The fourth-order valence-corrected chi connectivity index (χ4v) is 6.42. The Morgan fingerprint density at radius 3 is 2.27 bits per heavy atom. The molecule has 26 heavy (non-hydrogen) atoms. The maximum Gasteiger partial charge on any atom is 0.182 e. The van der Waals surface area contributed by atoms with Gasteiger partial charge in [0.25, 0.3) is 0 Å². The molecule has 0 amide bonds. The predicted molar refractivity (Wildman–Crippen MR) is 102 cm³/mol. The molecule has 0 radical (unpaired) electrons. The second-order valence-electron chi connectivity index (χ2n) is 6.65. The number of aryl methyl sites for hydroxylation is 1. The van der Waals surface area contributed by atoms with Gasteiger partial charge in [0.2, 0.25) is 0 Å². The van der Waals surface area contributed by atoms with Crippen LogP contribution in [0.4, 0.5) is 4.39 Å². The number of hydrogen-bond acceptors (Lipinski definition) is 4. The summed E-state index contributed by atoms with van der Waals surface area (Å²) in [5, 5.41) is -0.847. The monoisotopic (exact) mass is 393 g/mol. The third-order valence-corrected chi connectivity index (χ3v) is 7.68. The first-order valence-corrected chi connectivity index (χ1v) is 10.1. The van der Waals surface area contributed by atoms with E-state index < -0.39 is 26.4 Å². The molecule has 1 aliphatic rings. The fraction of sp³-hybridized carbons (Fsp3) is 0.316. The van der Waals surface area contributed by atoms with Gasteiger partial charge in [-0.1, -0.05) is 42.0 Å². The van der Waals surface area contributed by atoms with Gasteiger partial charge in [-0.05, 0) is 36.8 Å². The summed E-state index contributed by atoms with van der Waals surface area (Å²) in [7, 11) is -2.22. The third-order valence-electron chi connectivity index (χ3n) is 5.01. The van der Waals surface area contributed by atoms with Gasteiger partial charge in [0.05, 0.1) is 27.2 Å². The minimum atomic E-state index is -3.71. The van der Waals surface area contributed by atoms with Gasteiger partial charge >= 0.3 is 0 Å². The van der Waals surface area contributed by atoms with Gasteiger partial charge in [-0.2, -0.15) is 0 Å². The number of benzene rings is 2. The van der Waals surface area contributed by atoms with Gasteiger partial charge in [0.15, 0.2) is 9.84 Å². The van der Waals surface area contributed by atoms with Gasteiger partial charge in [-0.25, -0.2) is 12.8 Å². The zero-order chi connectivity index (χ0) is 19.1. The first-order chi connectivity index (χ1) is 12.2. The molecule has 0 unspecified atom stereocenters. The molecule has 2 aromatic rings. The van der Waals surface area contributed by atoms with E-state index in [-0.39, 0.29) is 22.3 Å². The highest BCUT2D eigenvalue weighted by Crippen LogP contribution is 2.64. The van der Waals surface area contributed by atoms with Crippen LogP contribution in [0.5, 0.6) is 0 Å². The molecule has 4 nitrogen and oxygen atoms in total. The zero-order valence-electron chi connectivity index (χ0n) is 14.5. The molecule has 0 saturated heterocycles. The second-order valence-corrected chi connectivity index (χ2v) is 9.15. The van der Waals surface area contributed by atoms with Crippen molar-refractivity contribution in [2.75, 3.05) is 13.7 Å². The molecule has 0 heterocycles.